The Bertz CT molecular complexity index is 1310. The maximum absolute atomic E-state index is 12.3. The molecule has 8 heteroatoms. The molecule has 3 aromatic heterocycles. The highest BCUT2D eigenvalue weighted by Gasteiger charge is 2.35. The first-order valence-corrected chi connectivity index (χ1v) is 10.4. The minimum Gasteiger partial charge on any atom is -0.355 e. The molecule has 5 heterocycles. The van der Waals surface area contributed by atoms with Gasteiger partial charge in [0.1, 0.15) is 12.1 Å². The van der Waals surface area contributed by atoms with Crippen LogP contribution in [-0.2, 0) is 6.54 Å². The van der Waals surface area contributed by atoms with Crippen LogP contribution in [0.5, 0.6) is 0 Å². The van der Waals surface area contributed by atoms with Crippen molar-refractivity contribution in [1.82, 2.24) is 24.3 Å². The van der Waals surface area contributed by atoms with Crippen molar-refractivity contribution in [3.8, 4) is 5.69 Å². The number of halogens is 1. The maximum Gasteiger partial charge on any atom is 0.250 e. The van der Waals surface area contributed by atoms with E-state index in [1.807, 2.05) is 45.8 Å². The third-order valence-electron chi connectivity index (χ3n) is 6.20. The fraction of sp³-hybridized carbons (Fsp3) is 0.273. The molecule has 0 N–H and O–H groups in total. The maximum atomic E-state index is 12.3. The lowest BCUT2D eigenvalue weighted by atomic mass is 9.83. The van der Waals surface area contributed by atoms with E-state index in [0.29, 0.717) is 16.9 Å². The summed E-state index contributed by atoms with van der Waals surface area (Å²) in [6.45, 7) is 2.47. The van der Waals surface area contributed by atoms with E-state index in [1.165, 1.54) is 0 Å². The monoisotopic (exact) mass is 418 g/mol. The molecule has 7 nitrogen and oxygen atoms in total. The van der Waals surface area contributed by atoms with Gasteiger partial charge in [0.15, 0.2) is 5.65 Å². The molecule has 0 unspecified atom stereocenters. The molecule has 30 heavy (non-hydrogen) atoms. The standard InChI is InChI=1S/C22H19ClN6O/c23-16-4-6-17(7-5-16)29-22-18(9-26-29)21(24-13-25-22)27-10-14-8-15(12-27)19-2-1-3-20(30)28(19)11-14/h1-7,9,13-15H,8,10-12H2/t14-,15-/m0/s1. The Morgan fingerprint density at radius 3 is 2.73 bits per heavy atom. The van der Waals surface area contributed by atoms with E-state index in [1.54, 1.807) is 12.4 Å². The van der Waals surface area contributed by atoms with Gasteiger partial charge in [0, 0.05) is 42.3 Å². The van der Waals surface area contributed by atoms with Crippen molar-refractivity contribution in [3.63, 3.8) is 0 Å². The molecule has 1 fully saturated rings. The number of rotatable bonds is 2. The molecule has 2 bridgehead atoms. The Kier molecular flexibility index (Phi) is 3.92. The Hall–Kier alpha value is -3.19. The largest absolute Gasteiger partial charge is 0.355 e. The van der Waals surface area contributed by atoms with Crippen molar-refractivity contribution in [3.05, 3.63) is 76.1 Å². The molecular weight excluding hydrogens is 400 g/mol. The van der Waals surface area contributed by atoms with Gasteiger partial charge in [-0.3, -0.25) is 4.79 Å². The molecule has 2 aliphatic rings. The number of hydrogen-bond acceptors (Lipinski definition) is 5. The van der Waals surface area contributed by atoms with E-state index in [-0.39, 0.29) is 5.56 Å². The van der Waals surface area contributed by atoms with Gasteiger partial charge in [0.25, 0.3) is 5.56 Å². The van der Waals surface area contributed by atoms with Crippen LogP contribution in [0.1, 0.15) is 18.0 Å². The van der Waals surface area contributed by atoms with Crippen LogP contribution >= 0.6 is 11.6 Å². The minimum absolute atomic E-state index is 0.101. The summed E-state index contributed by atoms with van der Waals surface area (Å²) in [4.78, 5) is 23.7. The smallest absolute Gasteiger partial charge is 0.250 e. The van der Waals surface area contributed by atoms with Crippen molar-refractivity contribution in [2.45, 2.75) is 18.9 Å². The van der Waals surface area contributed by atoms with E-state index in [9.17, 15) is 4.79 Å². The van der Waals surface area contributed by atoms with Crippen molar-refractivity contribution in [1.29, 1.82) is 0 Å². The second-order valence-corrected chi connectivity index (χ2v) is 8.51. The molecule has 0 saturated carbocycles. The molecule has 2 atom stereocenters. The molecule has 0 spiro atoms. The molecule has 150 valence electrons. The highest BCUT2D eigenvalue weighted by Crippen LogP contribution is 2.38. The summed E-state index contributed by atoms with van der Waals surface area (Å²) in [7, 11) is 0. The summed E-state index contributed by atoms with van der Waals surface area (Å²) >= 11 is 6.03. The number of aromatic nitrogens is 5. The molecule has 0 radical (unpaired) electrons. The Morgan fingerprint density at radius 1 is 1.00 bits per heavy atom. The number of anilines is 1. The van der Waals surface area contributed by atoms with Gasteiger partial charge in [-0.25, -0.2) is 14.6 Å². The predicted octanol–water partition coefficient (Wildman–Crippen LogP) is 3.25. The molecule has 1 aromatic carbocycles. The Morgan fingerprint density at radius 2 is 1.87 bits per heavy atom. The second kappa shape index (κ2) is 6.67. The van der Waals surface area contributed by atoms with Crippen LogP contribution < -0.4 is 10.5 Å². The van der Waals surface area contributed by atoms with Gasteiger partial charge >= 0.3 is 0 Å². The lowest BCUT2D eigenvalue weighted by molar-refractivity contribution is 0.281. The number of hydrogen-bond donors (Lipinski definition) is 0. The fourth-order valence-electron chi connectivity index (χ4n) is 4.92. The number of fused-ring (bicyclic) bond motifs is 5. The van der Waals surface area contributed by atoms with Gasteiger partial charge < -0.3 is 9.47 Å². The zero-order chi connectivity index (χ0) is 20.2. The molecule has 0 amide bonds. The van der Waals surface area contributed by atoms with Crippen molar-refractivity contribution < 1.29 is 0 Å². The average molecular weight is 419 g/mol. The lowest BCUT2D eigenvalue weighted by Crippen LogP contribution is -2.47. The number of nitrogens with zero attached hydrogens (tertiary/aromatic N) is 6. The molecule has 4 aromatic rings. The molecular formula is C22H19ClN6O. The minimum atomic E-state index is 0.101. The summed E-state index contributed by atoms with van der Waals surface area (Å²) in [6.07, 6.45) is 4.55. The quantitative estimate of drug-likeness (QED) is 0.499. The van der Waals surface area contributed by atoms with E-state index < -0.39 is 0 Å². The highest BCUT2D eigenvalue weighted by molar-refractivity contribution is 6.30. The number of pyridine rings is 1. The predicted molar refractivity (Wildman–Crippen MR) is 115 cm³/mol. The van der Waals surface area contributed by atoms with Crippen LogP contribution in [0.25, 0.3) is 16.7 Å². The van der Waals surface area contributed by atoms with E-state index in [0.717, 1.165) is 54.3 Å². The zero-order valence-electron chi connectivity index (χ0n) is 16.1. The third-order valence-corrected chi connectivity index (χ3v) is 6.45. The van der Waals surface area contributed by atoms with Crippen LogP contribution in [-0.4, -0.2) is 37.4 Å². The second-order valence-electron chi connectivity index (χ2n) is 8.07. The van der Waals surface area contributed by atoms with E-state index >= 15 is 0 Å². The Balaban J connectivity index is 1.40. The third kappa shape index (κ3) is 2.73. The highest BCUT2D eigenvalue weighted by atomic mass is 35.5. The summed E-state index contributed by atoms with van der Waals surface area (Å²) in [5.41, 5.74) is 2.91. The van der Waals surface area contributed by atoms with Gasteiger partial charge in [-0.1, -0.05) is 17.7 Å². The van der Waals surface area contributed by atoms with Crippen molar-refractivity contribution in [2.75, 3.05) is 18.0 Å². The first-order valence-electron chi connectivity index (χ1n) is 10.1. The van der Waals surface area contributed by atoms with Crippen LogP contribution in [0, 0.1) is 5.92 Å². The van der Waals surface area contributed by atoms with Gasteiger partial charge in [0.2, 0.25) is 0 Å². The van der Waals surface area contributed by atoms with Crippen molar-refractivity contribution >= 4 is 28.5 Å². The van der Waals surface area contributed by atoms with Crippen molar-refractivity contribution in [2.24, 2.45) is 5.92 Å². The topological polar surface area (TPSA) is 68.8 Å². The van der Waals surface area contributed by atoms with Crippen LogP contribution in [0.4, 0.5) is 5.82 Å². The fourth-order valence-corrected chi connectivity index (χ4v) is 5.05. The number of benzene rings is 1. The average Bonchev–Trinajstić information content (AvgIpc) is 3.19. The van der Waals surface area contributed by atoms with Gasteiger partial charge in [-0.05, 0) is 42.7 Å². The lowest BCUT2D eigenvalue weighted by Gasteiger charge is -2.43. The summed E-state index contributed by atoms with van der Waals surface area (Å²) in [6, 6.07) is 13.1. The summed E-state index contributed by atoms with van der Waals surface area (Å²) in [5, 5.41) is 6.18. The zero-order valence-corrected chi connectivity index (χ0v) is 16.9. The van der Waals surface area contributed by atoms with Crippen LogP contribution in [0.3, 0.4) is 0 Å². The van der Waals surface area contributed by atoms with E-state index in [4.69, 9.17) is 11.6 Å². The molecule has 0 aliphatic carbocycles. The van der Waals surface area contributed by atoms with E-state index in [2.05, 4.69) is 26.0 Å². The summed E-state index contributed by atoms with van der Waals surface area (Å²) < 4.78 is 3.76. The van der Waals surface area contributed by atoms with Gasteiger partial charge in [0.05, 0.1) is 17.3 Å². The SMILES string of the molecule is O=c1cccc2n1C[C@H]1C[C@H]2CN(c2ncnc3c2cnn3-c2ccc(Cl)cc2)C1. The van der Waals surface area contributed by atoms with Crippen LogP contribution in [0.15, 0.2) is 59.8 Å². The molecule has 6 rings (SSSR count). The van der Waals surface area contributed by atoms with Gasteiger partial charge in [-0.15, -0.1) is 0 Å². The summed E-state index contributed by atoms with van der Waals surface area (Å²) in [5.74, 6) is 1.65. The number of piperidine rings is 1. The first kappa shape index (κ1) is 17.7. The normalized spacial score (nSPS) is 20.4. The molecule has 1 saturated heterocycles. The van der Waals surface area contributed by atoms with Crippen LogP contribution in [0.2, 0.25) is 5.02 Å². The Labute approximate surface area is 177 Å². The van der Waals surface area contributed by atoms with Gasteiger partial charge in [-0.2, -0.15) is 5.10 Å². The first-order chi connectivity index (χ1) is 14.7. The molecule has 2 aliphatic heterocycles.